The number of hydrogen-bond acceptors (Lipinski definition) is 5. The van der Waals surface area contributed by atoms with E-state index < -0.39 is 0 Å². The van der Waals surface area contributed by atoms with Crippen LogP contribution in [0.1, 0.15) is 21.7 Å². The van der Waals surface area contributed by atoms with Crippen molar-refractivity contribution in [3.05, 3.63) is 47.2 Å². The van der Waals surface area contributed by atoms with Gasteiger partial charge in [0, 0.05) is 61.3 Å². The Bertz CT molecular complexity index is 712. The molecule has 0 atom stereocenters. The van der Waals surface area contributed by atoms with Gasteiger partial charge in [-0.25, -0.2) is 4.98 Å². The van der Waals surface area contributed by atoms with Crippen LogP contribution in [-0.2, 0) is 6.54 Å². The molecule has 1 aliphatic heterocycles. The lowest BCUT2D eigenvalue weighted by molar-refractivity contribution is 0.0925. The number of aryl methyl sites for hydroxylation is 1. The Kier molecular flexibility index (Phi) is 5.16. The van der Waals surface area contributed by atoms with E-state index in [1.807, 2.05) is 37.6 Å². The van der Waals surface area contributed by atoms with Crippen LogP contribution in [0.4, 0.5) is 5.13 Å². The van der Waals surface area contributed by atoms with Gasteiger partial charge in [0.05, 0.1) is 6.54 Å². The fraction of sp³-hybridized carbons (Fsp3) is 0.444. The largest absolute Gasteiger partial charge is 0.346 e. The normalized spacial score (nSPS) is 15.7. The van der Waals surface area contributed by atoms with Crippen molar-refractivity contribution in [3.8, 4) is 0 Å². The maximum Gasteiger partial charge on any atom is 0.185 e. The lowest BCUT2D eigenvalue weighted by Crippen LogP contribution is -2.48. The van der Waals surface area contributed by atoms with Crippen LogP contribution < -0.4 is 4.90 Å². The number of thiazole rings is 1. The van der Waals surface area contributed by atoms with Gasteiger partial charge >= 0.3 is 0 Å². The highest BCUT2D eigenvalue weighted by Crippen LogP contribution is 2.20. The van der Waals surface area contributed by atoms with Crippen molar-refractivity contribution in [1.29, 1.82) is 0 Å². The summed E-state index contributed by atoms with van der Waals surface area (Å²) in [6.07, 6.45) is 3.71. The van der Waals surface area contributed by atoms with Crippen LogP contribution in [0.5, 0.6) is 0 Å². The molecule has 3 heterocycles. The number of hydrogen-bond donors (Lipinski definition) is 0. The van der Waals surface area contributed by atoms with Gasteiger partial charge in [0.25, 0.3) is 0 Å². The maximum atomic E-state index is 12.7. The third-order valence-corrected chi connectivity index (χ3v) is 5.45. The second-order valence-electron chi connectivity index (χ2n) is 6.19. The summed E-state index contributed by atoms with van der Waals surface area (Å²) in [7, 11) is 0. The van der Waals surface area contributed by atoms with Crippen molar-refractivity contribution >= 4 is 22.3 Å². The Balaban J connectivity index is 1.60. The Hall–Kier alpha value is -1.92. The molecule has 0 N–H and O–H groups in total. The van der Waals surface area contributed by atoms with E-state index in [0.717, 1.165) is 54.8 Å². The van der Waals surface area contributed by atoms with Crippen LogP contribution in [-0.4, -0.2) is 53.0 Å². The zero-order valence-corrected chi connectivity index (χ0v) is 15.2. The van der Waals surface area contributed by atoms with E-state index in [0.29, 0.717) is 6.54 Å². The summed E-state index contributed by atoms with van der Waals surface area (Å²) in [6.45, 7) is 12.7. The van der Waals surface area contributed by atoms with Gasteiger partial charge in [-0.2, -0.15) is 0 Å². The van der Waals surface area contributed by atoms with Gasteiger partial charge in [-0.1, -0.05) is 6.08 Å². The number of carbonyl (C=O) groups excluding carboxylic acids is 1. The second-order valence-corrected chi connectivity index (χ2v) is 7.06. The SMILES string of the molecule is C=CCn1c(C)cc(C(=O)CN2CCN(c3nccs3)CC2)c1C. The maximum absolute atomic E-state index is 12.7. The number of carbonyl (C=O) groups is 1. The van der Waals surface area contributed by atoms with E-state index >= 15 is 0 Å². The van der Waals surface area contributed by atoms with E-state index in [9.17, 15) is 4.79 Å². The third kappa shape index (κ3) is 3.44. The van der Waals surface area contributed by atoms with E-state index in [1.54, 1.807) is 11.3 Å². The fourth-order valence-corrected chi connectivity index (χ4v) is 3.95. The van der Waals surface area contributed by atoms with Gasteiger partial charge in [0.15, 0.2) is 10.9 Å². The van der Waals surface area contributed by atoms with Crippen LogP contribution in [0.3, 0.4) is 0 Å². The van der Waals surface area contributed by atoms with E-state index in [2.05, 4.69) is 25.9 Å². The fourth-order valence-electron chi connectivity index (χ4n) is 3.25. The number of aromatic nitrogens is 2. The monoisotopic (exact) mass is 344 g/mol. The van der Waals surface area contributed by atoms with Gasteiger partial charge in [-0.05, 0) is 19.9 Å². The minimum Gasteiger partial charge on any atom is -0.346 e. The zero-order valence-electron chi connectivity index (χ0n) is 14.4. The first-order valence-corrected chi connectivity index (χ1v) is 9.15. The van der Waals surface area contributed by atoms with Gasteiger partial charge in [-0.15, -0.1) is 17.9 Å². The number of allylic oxidation sites excluding steroid dienone is 1. The summed E-state index contributed by atoms with van der Waals surface area (Å²) in [5.74, 6) is 0.209. The van der Waals surface area contributed by atoms with Crippen molar-refractivity contribution < 1.29 is 4.79 Å². The van der Waals surface area contributed by atoms with Crippen molar-refractivity contribution in [2.24, 2.45) is 0 Å². The number of Topliss-reactive ketones (excluding diaryl/α,β-unsaturated/α-hetero) is 1. The number of anilines is 1. The number of piperazine rings is 1. The zero-order chi connectivity index (χ0) is 17.1. The predicted octanol–water partition coefficient (Wildman–Crippen LogP) is 2.75. The Morgan fingerprint density at radius 3 is 2.71 bits per heavy atom. The quantitative estimate of drug-likeness (QED) is 0.597. The van der Waals surface area contributed by atoms with Crippen molar-refractivity contribution in [3.63, 3.8) is 0 Å². The summed E-state index contributed by atoms with van der Waals surface area (Å²) in [4.78, 5) is 21.6. The molecule has 2 aromatic heterocycles. The molecule has 0 aromatic carbocycles. The van der Waals surface area contributed by atoms with Gasteiger partial charge in [0.1, 0.15) is 0 Å². The average molecular weight is 344 g/mol. The molecule has 3 rings (SSSR count). The molecular weight excluding hydrogens is 320 g/mol. The van der Waals surface area contributed by atoms with Crippen LogP contribution >= 0.6 is 11.3 Å². The van der Waals surface area contributed by atoms with Gasteiger partial charge in [-0.3, -0.25) is 9.69 Å². The molecule has 1 saturated heterocycles. The topological polar surface area (TPSA) is 41.4 Å². The summed E-state index contributed by atoms with van der Waals surface area (Å²) in [5.41, 5.74) is 3.00. The molecule has 2 aromatic rings. The minimum atomic E-state index is 0.209. The molecule has 0 radical (unpaired) electrons. The van der Waals surface area contributed by atoms with Crippen molar-refractivity contribution in [2.45, 2.75) is 20.4 Å². The highest BCUT2D eigenvalue weighted by atomic mass is 32.1. The summed E-state index contributed by atoms with van der Waals surface area (Å²) < 4.78 is 2.14. The molecule has 128 valence electrons. The molecule has 1 aliphatic rings. The average Bonchev–Trinajstić information content (AvgIpc) is 3.20. The van der Waals surface area contributed by atoms with E-state index in [-0.39, 0.29) is 5.78 Å². The van der Waals surface area contributed by atoms with Gasteiger partial charge in [0.2, 0.25) is 0 Å². The lowest BCUT2D eigenvalue weighted by atomic mass is 10.1. The van der Waals surface area contributed by atoms with Crippen LogP contribution in [0.25, 0.3) is 0 Å². The molecule has 0 unspecified atom stereocenters. The van der Waals surface area contributed by atoms with Crippen molar-refractivity contribution in [1.82, 2.24) is 14.5 Å². The minimum absolute atomic E-state index is 0.209. The van der Waals surface area contributed by atoms with Crippen LogP contribution in [0.15, 0.2) is 30.3 Å². The predicted molar refractivity (Wildman–Crippen MR) is 99.2 cm³/mol. The smallest absolute Gasteiger partial charge is 0.185 e. The molecule has 6 heteroatoms. The first kappa shape index (κ1) is 16.9. The number of rotatable bonds is 6. The van der Waals surface area contributed by atoms with Crippen LogP contribution in [0, 0.1) is 13.8 Å². The third-order valence-electron chi connectivity index (χ3n) is 4.62. The Labute approximate surface area is 147 Å². The Morgan fingerprint density at radius 1 is 1.33 bits per heavy atom. The Morgan fingerprint density at radius 2 is 2.08 bits per heavy atom. The summed E-state index contributed by atoms with van der Waals surface area (Å²) in [6, 6.07) is 2.01. The molecule has 0 saturated carbocycles. The van der Waals surface area contributed by atoms with Crippen molar-refractivity contribution in [2.75, 3.05) is 37.6 Å². The first-order chi connectivity index (χ1) is 11.6. The highest BCUT2D eigenvalue weighted by Gasteiger charge is 2.22. The number of nitrogens with zero attached hydrogens (tertiary/aromatic N) is 4. The molecule has 5 nitrogen and oxygen atoms in total. The standard InChI is InChI=1S/C18H24N4OS/c1-4-6-22-14(2)12-16(15(22)3)17(23)13-20-7-9-21(10-8-20)18-19-5-11-24-18/h4-5,11-12H,1,6-10,13H2,2-3H3. The molecule has 0 aliphatic carbocycles. The molecule has 24 heavy (non-hydrogen) atoms. The molecular formula is C18H24N4OS. The second kappa shape index (κ2) is 7.32. The summed E-state index contributed by atoms with van der Waals surface area (Å²) in [5, 5.41) is 3.08. The number of ketones is 1. The van der Waals surface area contributed by atoms with Crippen LogP contribution in [0.2, 0.25) is 0 Å². The molecule has 1 fully saturated rings. The molecule has 0 amide bonds. The molecule has 0 bridgehead atoms. The lowest BCUT2D eigenvalue weighted by Gasteiger charge is -2.34. The van der Waals surface area contributed by atoms with Gasteiger partial charge < -0.3 is 9.47 Å². The first-order valence-electron chi connectivity index (χ1n) is 8.27. The van der Waals surface area contributed by atoms with E-state index in [4.69, 9.17) is 0 Å². The molecule has 0 spiro atoms. The highest BCUT2D eigenvalue weighted by molar-refractivity contribution is 7.13. The van der Waals surface area contributed by atoms with E-state index in [1.165, 1.54) is 0 Å². The summed E-state index contributed by atoms with van der Waals surface area (Å²) >= 11 is 1.67.